The van der Waals surface area contributed by atoms with Gasteiger partial charge in [-0.3, -0.25) is 0 Å². The average molecular weight is 429 g/mol. The first-order valence-electron chi connectivity index (χ1n) is 9.69. The highest BCUT2D eigenvalue weighted by Gasteiger charge is 2.24. The van der Waals surface area contributed by atoms with Crippen molar-refractivity contribution < 1.29 is 28.5 Å². The van der Waals surface area contributed by atoms with Crippen LogP contribution in [-0.2, 0) is 9.53 Å². The number of rotatable bonds is 6. The second-order valence-corrected chi connectivity index (χ2v) is 6.73. The molecule has 1 heterocycles. The van der Waals surface area contributed by atoms with Crippen molar-refractivity contribution in [3.8, 4) is 17.2 Å². The molecule has 4 rings (SSSR count). The lowest BCUT2D eigenvalue weighted by molar-refractivity contribution is -0.129. The summed E-state index contributed by atoms with van der Waals surface area (Å²) in [6.45, 7) is 0. The molecule has 0 unspecified atom stereocenters. The zero-order valence-corrected chi connectivity index (χ0v) is 17.4. The van der Waals surface area contributed by atoms with Crippen molar-refractivity contribution in [1.29, 1.82) is 0 Å². The fourth-order valence-corrected chi connectivity index (χ4v) is 3.07. The van der Waals surface area contributed by atoms with Crippen LogP contribution >= 0.6 is 0 Å². The Bertz CT molecular complexity index is 1230. The molecule has 0 spiro atoms. The van der Waals surface area contributed by atoms with Gasteiger partial charge in [0, 0.05) is 5.56 Å². The Morgan fingerprint density at radius 3 is 2.44 bits per heavy atom. The van der Waals surface area contributed by atoms with Gasteiger partial charge in [0.2, 0.25) is 5.90 Å². The van der Waals surface area contributed by atoms with E-state index in [9.17, 15) is 9.59 Å². The molecular formula is C25H19NO6. The molecule has 0 amide bonds. The highest BCUT2D eigenvalue weighted by atomic mass is 16.6. The van der Waals surface area contributed by atoms with Crippen LogP contribution in [0.5, 0.6) is 17.2 Å². The first kappa shape index (κ1) is 20.9. The van der Waals surface area contributed by atoms with Crippen LogP contribution in [0, 0.1) is 0 Å². The van der Waals surface area contributed by atoms with Crippen molar-refractivity contribution in [2.24, 2.45) is 4.99 Å². The summed E-state index contributed by atoms with van der Waals surface area (Å²) in [5, 5.41) is 0. The summed E-state index contributed by atoms with van der Waals surface area (Å²) >= 11 is 0. The fourth-order valence-electron chi connectivity index (χ4n) is 3.07. The van der Waals surface area contributed by atoms with Crippen LogP contribution in [0.4, 0.5) is 0 Å². The third-order valence-corrected chi connectivity index (χ3v) is 4.63. The lowest BCUT2D eigenvalue weighted by Crippen LogP contribution is -2.09. The largest absolute Gasteiger partial charge is 0.493 e. The lowest BCUT2D eigenvalue weighted by Gasteiger charge is -2.09. The number of ether oxygens (including phenoxy) is 4. The van der Waals surface area contributed by atoms with E-state index in [1.807, 2.05) is 30.3 Å². The molecule has 0 bridgehead atoms. The van der Waals surface area contributed by atoms with Crippen LogP contribution < -0.4 is 14.2 Å². The predicted molar refractivity (Wildman–Crippen MR) is 118 cm³/mol. The number of esters is 2. The summed E-state index contributed by atoms with van der Waals surface area (Å²) in [4.78, 5) is 29.1. The maximum atomic E-state index is 12.6. The zero-order chi connectivity index (χ0) is 22.5. The number of benzene rings is 3. The molecule has 0 saturated carbocycles. The van der Waals surface area contributed by atoms with Crippen LogP contribution in [0.2, 0.25) is 0 Å². The number of aliphatic imine (C=N–C) groups is 1. The van der Waals surface area contributed by atoms with Crippen molar-refractivity contribution in [3.63, 3.8) is 0 Å². The average Bonchev–Trinajstić information content (AvgIpc) is 3.19. The number of cyclic esters (lactones) is 1. The van der Waals surface area contributed by atoms with Gasteiger partial charge >= 0.3 is 11.9 Å². The maximum absolute atomic E-state index is 12.6. The van der Waals surface area contributed by atoms with Crippen LogP contribution in [0.15, 0.2) is 83.5 Å². The van der Waals surface area contributed by atoms with E-state index < -0.39 is 11.9 Å². The minimum Gasteiger partial charge on any atom is -0.493 e. The summed E-state index contributed by atoms with van der Waals surface area (Å²) in [7, 11) is 3.01. The number of carbonyl (C=O) groups is 2. The molecule has 3 aromatic rings. The Morgan fingerprint density at radius 2 is 1.69 bits per heavy atom. The van der Waals surface area contributed by atoms with E-state index in [4.69, 9.17) is 18.9 Å². The number of carbonyl (C=O) groups excluding carboxylic acids is 2. The number of hydrogen-bond acceptors (Lipinski definition) is 7. The minimum atomic E-state index is -0.555. The Morgan fingerprint density at radius 1 is 0.906 bits per heavy atom. The monoisotopic (exact) mass is 429 g/mol. The third kappa shape index (κ3) is 4.52. The lowest BCUT2D eigenvalue weighted by atomic mass is 10.1. The smallest absolute Gasteiger partial charge is 0.363 e. The second-order valence-electron chi connectivity index (χ2n) is 6.73. The molecule has 0 fully saturated rings. The fraction of sp³-hybridized carbons (Fsp3) is 0.0800. The molecule has 7 nitrogen and oxygen atoms in total. The molecule has 1 aliphatic heterocycles. The predicted octanol–water partition coefficient (Wildman–Crippen LogP) is 4.27. The topological polar surface area (TPSA) is 83.4 Å². The van der Waals surface area contributed by atoms with Gasteiger partial charge in [0.25, 0.3) is 0 Å². The highest BCUT2D eigenvalue weighted by Crippen LogP contribution is 2.28. The van der Waals surface area contributed by atoms with E-state index in [-0.39, 0.29) is 11.6 Å². The molecule has 0 atom stereocenters. The number of nitrogens with zero attached hydrogens (tertiary/aromatic N) is 1. The first-order chi connectivity index (χ1) is 15.6. The van der Waals surface area contributed by atoms with E-state index in [0.29, 0.717) is 33.9 Å². The Balaban J connectivity index is 1.53. The quantitative estimate of drug-likeness (QED) is 0.331. The molecule has 0 aromatic heterocycles. The molecule has 0 saturated heterocycles. The van der Waals surface area contributed by atoms with Gasteiger partial charge in [-0.15, -0.1) is 0 Å². The summed E-state index contributed by atoms with van der Waals surface area (Å²) in [6, 6.07) is 20.7. The van der Waals surface area contributed by atoms with Gasteiger partial charge in [-0.25, -0.2) is 14.6 Å². The standard InChI is InChI=1S/C25H19NO6/c1-29-21-12-11-18(15-22(21)30-2)24(27)31-19-10-6-7-16(13-19)14-20-25(28)32-23(26-20)17-8-4-3-5-9-17/h3-15H,1-2H3. The van der Waals surface area contributed by atoms with Crippen LogP contribution in [-0.4, -0.2) is 32.1 Å². The van der Waals surface area contributed by atoms with Gasteiger partial charge in [0.05, 0.1) is 19.8 Å². The molecule has 0 aliphatic carbocycles. The van der Waals surface area contributed by atoms with Gasteiger partial charge in [-0.05, 0) is 54.1 Å². The van der Waals surface area contributed by atoms with Crippen molar-refractivity contribution >= 4 is 23.9 Å². The van der Waals surface area contributed by atoms with Crippen molar-refractivity contribution in [1.82, 2.24) is 0 Å². The van der Waals surface area contributed by atoms with E-state index in [1.54, 1.807) is 48.5 Å². The van der Waals surface area contributed by atoms with Crippen molar-refractivity contribution in [2.45, 2.75) is 0 Å². The minimum absolute atomic E-state index is 0.159. The van der Waals surface area contributed by atoms with E-state index in [1.165, 1.54) is 14.2 Å². The summed E-state index contributed by atoms with van der Waals surface area (Å²) < 4.78 is 21.1. The van der Waals surface area contributed by atoms with Crippen LogP contribution in [0.25, 0.3) is 6.08 Å². The molecule has 0 N–H and O–H groups in total. The van der Waals surface area contributed by atoms with E-state index in [0.717, 1.165) is 0 Å². The highest BCUT2D eigenvalue weighted by molar-refractivity contribution is 6.12. The van der Waals surface area contributed by atoms with Gasteiger partial charge in [0.1, 0.15) is 5.75 Å². The van der Waals surface area contributed by atoms with Crippen LogP contribution in [0.3, 0.4) is 0 Å². The van der Waals surface area contributed by atoms with E-state index >= 15 is 0 Å². The van der Waals surface area contributed by atoms with Crippen molar-refractivity contribution in [3.05, 3.63) is 95.2 Å². The molecule has 1 aliphatic rings. The Hall–Kier alpha value is -4.39. The van der Waals surface area contributed by atoms with Crippen LogP contribution in [0.1, 0.15) is 21.5 Å². The molecule has 32 heavy (non-hydrogen) atoms. The van der Waals surface area contributed by atoms with Crippen molar-refractivity contribution in [2.75, 3.05) is 14.2 Å². The number of methoxy groups -OCH3 is 2. The molecule has 7 heteroatoms. The van der Waals surface area contributed by atoms with Gasteiger partial charge in [0.15, 0.2) is 17.2 Å². The molecule has 3 aromatic carbocycles. The van der Waals surface area contributed by atoms with E-state index in [2.05, 4.69) is 4.99 Å². The van der Waals surface area contributed by atoms with Gasteiger partial charge < -0.3 is 18.9 Å². The first-order valence-corrected chi connectivity index (χ1v) is 9.69. The van der Waals surface area contributed by atoms with Gasteiger partial charge in [-0.2, -0.15) is 0 Å². The summed E-state index contributed by atoms with van der Waals surface area (Å²) in [6.07, 6.45) is 1.58. The zero-order valence-electron chi connectivity index (χ0n) is 17.4. The molecular weight excluding hydrogens is 410 g/mol. The SMILES string of the molecule is COc1ccc(C(=O)Oc2cccc(C=C3N=C(c4ccccc4)OC3=O)c2)cc1OC. The van der Waals surface area contributed by atoms with Gasteiger partial charge in [-0.1, -0.05) is 30.3 Å². The Kier molecular flexibility index (Phi) is 5.98. The summed E-state index contributed by atoms with van der Waals surface area (Å²) in [5.74, 6) is 0.399. The second kappa shape index (κ2) is 9.18. The third-order valence-electron chi connectivity index (χ3n) is 4.63. The maximum Gasteiger partial charge on any atom is 0.363 e. The molecule has 0 radical (unpaired) electrons. The summed E-state index contributed by atoms with van der Waals surface area (Å²) in [5.41, 5.74) is 1.81. The Labute approximate surface area is 184 Å². The number of hydrogen-bond donors (Lipinski definition) is 0. The normalized spacial score (nSPS) is 14.0. The molecule has 160 valence electrons.